The summed E-state index contributed by atoms with van der Waals surface area (Å²) in [6, 6.07) is 0. The number of H-pyrrole nitrogens is 1. The van der Waals surface area contributed by atoms with Crippen LogP contribution in [-0.2, 0) is 5.41 Å². The summed E-state index contributed by atoms with van der Waals surface area (Å²) in [5.41, 5.74) is 1.92. The minimum absolute atomic E-state index is 0.0167. The Morgan fingerprint density at radius 3 is 2.42 bits per heavy atom. The van der Waals surface area contributed by atoms with Crippen LogP contribution in [0.5, 0.6) is 0 Å². The minimum atomic E-state index is -0.446. The van der Waals surface area contributed by atoms with Gasteiger partial charge in [0.2, 0.25) is 0 Å². The second kappa shape index (κ2) is 2.90. The number of rotatable bonds is 1. The van der Waals surface area contributed by atoms with Crippen LogP contribution in [0.4, 0.5) is 0 Å². The van der Waals surface area contributed by atoms with Gasteiger partial charge in [-0.05, 0) is 6.92 Å². The number of aromatic amines is 1. The molecule has 2 N–H and O–H groups in total. The van der Waals surface area contributed by atoms with Crippen molar-refractivity contribution in [3.63, 3.8) is 0 Å². The second-order valence-corrected chi connectivity index (χ2v) is 4.13. The molecule has 1 rings (SSSR count). The highest BCUT2D eigenvalue weighted by Crippen LogP contribution is 2.26. The summed E-state index contributed by atoms with van der Waals surface area (Å²) in [5.74, 6) is 0. The molecule has 1 atom stereocenters. The Morgan fingerprint density at radius 1 is 1.50 bits per heavy atom. The van der Waals surface area contributed by atoms with E-state index in [9.17, 15) is 5.11 Å². The molecule has 0 aliphatic heterocycles. The Hall–Kier alpha value is -0.830. The van der Waals surface area contributed by atoms with Crippen molar-refractivity contribution in [3.05, 3.63) is 17.5 Å². The van der Waals surface area contributed by atoms with Gasteiger partial charge in [0, 0.05) is 16.7 Å². The molecule has 1 aromatic rings. The van der Waals surface area contributed by atoms with Crippen molar-refractivity contribution in [2.75, 3.05) is 0 Å². The Balaban J connectivity index is 3.08. The van der Waals surface area contributed by atoms with Gasteiger partial charge in [-0.3, -0.25) is 5.10 Å². The number of aliphatic hydroxyl groups excluding tert-OH is 1. The monoisotopic (exact) mass is 168 g/mol. The maximum Gasteiger partial charge on any atom is 0.0795 e. The van der Waals surface area contributed by atoms with E-state index in [1.54, 1.807) is 13.1 Å². The van der Waals surface area contributed by atoms with Crippen LogP contribution in [0, 0.1) is 0 Å². The molecule has 3 heteroatoms. The van der Waals surface area contributed by atoms with E-state index in [-0.39, 0.29) is 5.41 Å². The first-order valence-corrected chi connectivity index (χ1v) is 4.14. The molecule has 0 saturated carbocycles. The molecule has 1 aromatic heterocycles. The minimum Gasteiger partial charge on any atom is -0.389 e. The van der Waals surface area contributed by atoms with Crippen molar-refractivity contribution >= 4 is 0 Å². The highest BCUT2D eigenvalue weighted by molar-refractivity contribution is 5.24. The number of nitrogens with one attached hydrogen (secondary N) is 1. The normalized spacial score (nSPS) is 14.8. The Bertz CT molecular complexity index is 258. The summed E-state index contributed by atoms with van der Waals surface area (Å²) in [5, 5.41) is 16.2. The smallest absolute Gasteiger partial charge is 0.0795 e. The molecule has 0 aliphatic carbocycles. The van der Waals surface area contributed by atoms with Gasteiger partial charge >= 0.3 is 0 Å². The fourth-order valence-corrected chi connectivity index (χ4v) is 1.21. The van der Waals surface area contributed by atoms with Crippen LogP contribution in [0.25, 0.3) is 0 Å². The topological polar surface area (TPSA) is 48.9 Å². The van der Waals surface area contributed by atoms with Gasteiger partial charge < -0.3 is 5.11 Å². The average molecular weight is 168 g/mol. The summed E-state index contributed by atoms with van der Waals surface area (Å²) >= 11 is 0. The van der Waals surface area contributed by atoms with Crippen LogP contribution in [0.15, 0.2) is 6.20 Å². The zero-order chi connectivity index (χ0) is 9.35. The maximum absolute atomic E-state index is 9.40. The molecule has 0 aliphatic rings. The first-order chi connectivity index (χ1) is 5.43. The SMILES string of the molecule is C[C@@H](O)c1cn[nH]c1C(C)(C)C. The highest BCUT2D eigenvalue weighted by Gasteiger charge is 2.21. The van der Waals surface area contributed by atoms with E-state index in [4.69, 9.17) is 0 Å². The lowest BCUT2D eigenvalue weighted by molar-refractivity contribution is 0.196. The molecule has 0 aromatic carbocycles. The Morgan fingerprint density at radius 2 is 2.08 bits per heavy atom. The van der Waals surface area contributed by atoms with Crippen molar-refractivity contribution in [2.45, 2.75) is 39.2 Å². The van der Waals surface area contributed by atoms with E-state index in [0.717, 1.165) is 11.3 Å². The van der Waals surface area contributed by atoms with Crippen LogP contribution in [0.1, 0.15) is 45.1 Å². The van der Waals surface area contributed by atoms with Gasteiger partial charge in [-0.15, -0.1) is 0 Å². The fraction of sp³-hybridized carbons (Fsp3) is 0.667. The fourth-order valence-electron chi connectivity index (χ4n) is 1.21. The van der Waals surface area contributed by atoms with Crippen LogP contribution >= 0.6 is 0 Å². The van der Waals surface area contributed by atoms with Crippen molar-refractivity contribution in [3.8, 4) is 0 Å². The van der Waals surface area contributed by atoms with Gasteiger partial charge in [0.15, 0.2) is 0 Å². The Kier molecular flexibility index (Phi) is 2.24. The van der Waals surface area contributed by atoms with Gasteiger partial charge in [0.1, 0.15) is 0 Å². The third kappa shape index (κ3) is 1.67. The molecular formula is C9H16N2O. The predicted molar refractivity (Wildman–Crippen MR) is 47.9 cm³/mol. The summed E-state index contributed by atoms with van der Waals surface area (Å²) in [6.45, 7) is 8.02. The van der Waals surface area contributed by atoms with Crippen LogP contribution in [0.2, 0.25) is 0 Å². The first-order valence-electron chi connectivity index (χ1n) is 4.14. The number of nitrogens with zero attached hydrogens (tertiary/aromatic N) is 1. The van der Waals surface area contributed by atoms with Crippen molar-refractivity contribution < 1.29 is 5.11 Å². The van der Waals surface area contributed by atoms with Gasteiger partial charge in [-0.25, -0.2) is 0 Å². The molecule has 0 bridgehead atoms. The standard InChI is InChI=1S/C9H16N2O/c1-6(12)7-5-10-11-8(7)9(2,3)4/h5-6,12H,1-4H3,(H,10,11)/t6-/m1/s1. The zero-order valence-corrected chi connectivity index (χ0v) is 8.05. The molecule has 0 radical (unpaired) electrons. The van der Waals surface area contributed by atoms with Crippen LogP contribution < -0.4 is 0 Å². The lowest BCUT2D eigenvalue weighted by atomic mass is 9.88. The summed E-state index contributed by atoms with van der Waals surface area (Å²) in [6.07, 6.45) is 1.24. The largest absolute Gasteiger partial charge is 0.389 e. The van der Waals surface area contributed by atoms with Crippen molar-refractivity contribution in [1.29, 1.82) is 0 Å². The number of hydrogen-bond acceptors (Lipinski definition) is 2. The molecule has 12 heavy (non-hydrogen) atoms. The number of hydrogen-bond donors (Lipinski definition) is 2. The van der Waals surface area contributed by atoms with Gasteiger partial charge in [-0.2, -0.15) is 5.10 Å². The van der Waals surface area contributed by atoms with Crippen LogP contribution in [0.3, 0.4) is 0 Å². The lowest BCUT2D eigenvalue weighted by Crippen LogP contribution is -2.15. The molecule has 68 valence electrons. The third-order valence-electron chi connectivity index (χ3n) is 1.87. The van der Waals surface area contributed by atoms with Gasteiger partial charge in [-0.1, -0.05) is 20.8 Å². The third-order valence-corrected chi connectivity index (χ3v) is 1.87. The first kappa shape index (κ1) is 9.26. The van der Waals surface area contributed by atoms with E-state index < -0.39 is 6.10 Å². The summed E-state index contributed by atoms with van der Waals surface area (Å²) in [7, 11) is 0. The van der Waals surface area contributed by atoms with E-state index in [0.29, 0.717) is 0 Å². The van der Waals surface area contributed by atoms with Gasteiger partial charge in [0.25, 0.3) is 0 Å². The molecule has 0 fully saturated rings. The quantitative estimate of drug-likeness (QED) is 0.671. The molecule has 1 heterocycles. The molecule has 0 unspecified atom stereocenters. The number of aliphatic hydroxyl groups is 1. The van der Waals surface area contributed by atoms with Crippen LogP contribution in [-0.4, -0.2) is 15.3 Å². The van der Waals surface area contributed by atoms with Gasteiger partial charge in [0.05, 0.1) is 12.3 Å². The number of aromatic nitrogens is 2. The molecular weight excluding hydrogens is 152 g/mol. The van der Waals surface area contributed by atoms with E-state index in [1.165, 1.54) is 0 Å². The molecule has 0 saturated heterocycles. The second-order valence-electron chi connectivity index (χ2n) is 4.13. The van der Waals surface area contributed by atoms with Crippen molar-refractivity contribution in [2.24, 2.45) is 0 Å². The Labute approximate surface area is 72.8 Å². The van der Waals surface area contributed by atoms with Crippen molar-refractivity contribution in [1.82, 2.24) is 10.2 Å². The van der Waals surface area contributed by atoms with E-state index >= 15 is 0 Å². The average Bonchev–Trinajstić information content (AvgIpc) is 2.30. The summed E-state index contributed by atoms with van der Waals surface area (Å²) < 4.78 is 0. The molecule has 0 spiro atoms. The lowest BCUT2D eigenvalue weighted by Gasteiger charge is -2.19. The summed E-state index contributed by atoms with van der Waals surface area (Å²) in [4.78, 5) is 0. The zero-order valence-electron chi connectivity index (χ0n) is 8.05. The van der Waals surface area contributed by atoms with E-state index in [2.05, 4.69) is 31.0 Å². The van der Waals surface area contributed by atoms with E-state index in [1.807, 2.05) is 0 Å². The highest BCUT2D eigenvalue weighted by atomic mass is 16.3. The molecule has 0 amide bonds. The molecule has 3 nitrogen and oxygen atoms in total. The maximum atomic E-state index is 9.40. The predicted octanol–water partition coefficient (Wildman–Crippen LogP) is 1.76.